The lowest BCUT2D eigenvalue weighted by molar-refractivity contribution is -0.149. The second-order valence-electron chi connectivity index (χ2n) is 14.8. The average Bonchev–Trinajstić information content (AvgIpc) is 3.23. The van der Waals surface area contributed by atoms with Crippen LogP contribution in [0.3, 0.4) is 0 Å². The quantitative estimate of drug-likeness (QED) is 0.414. The summed E-state index contributed by atoms with van der Waals surface area (Å²) in [4.78, 5) is 49.5. The highest BCUT2D eigenvalue weighted by molar-refractivity contribution is 8.02. The number of hydrogen-bond acceptors (Lipinski definition) is 6. The lowest BCUT2D eigenvalue weighted by atomic mass is 9.77. The maximum atomic E-state index is 14.9. The van der Waals surface area contributed by atoms with Gasteiger partial charge >= 0.3 is 0 Å². The van der Waals surface area contributed by atoms with Gasteiger partial charge in [0.2, 0.25) is 17.7 Å². The maximum Gasteiger partial charge on any atom is 0.247 e. The third-order valence-electron chi connectivity index (χ3n) is 9.56. The van der Waals surface area contributed by atoms with E-state index in [2.05, 4.69) is 46.8 Å². The predicted octanol–water partition coefficient (Wildman–Crippen LogP) is 4.92. The molecule has 9 heteroatoms. The van der Waals surface area contributed by atoms with Crippen molar-refractivity contribution >= 4 is 35.2 Å². The van der Waals surface area contributed by atoms with E-state index in [0.29, 0.717) is 19.7 Å². The Morgan fingerprint density at radius 3 is 2.27 bits per heavy atom. The van der Waals surface area contributed by atoms with E-state index in [9.17, 15) is 19.5 Å². The van der Waals surface area contributed by atoms with Crippen molar-refractivity contribution in [3.05, 3.63) is 48.6 Å². The van der Waals surface area contributed by atoms with Crippen LogP contribution in [0.4, 0.5) is 5.69 Å². The number of anilines is 1. The minimum atomic E-state index is -0.930. The monoisotopic (exact) mass is 623 g/mol. The first-order valence-corrected chi connectivity index (χ1v) is 16.9. The van der Waals surface area contributed by atoms with Crippen molar-refractivity contribution in [3.63, 3.8) is 0 Å². The topological polar surface area (TPSA) is 90.4 Å². The molecule has 1 unspecified atom stereocenters. The molecule has 6 atom stereocenters. The highest BCUT2D eigenvalue weighted by Gasteiger charge is 2.72. The van der Waals surface area contributed by atoms with Crippen LogP contribution >= 0.6 is 11.8 Å². The van der Waals surface area contributed by atoms with Gasteiger partial charge in [0, 0.05) is 29.6 Å². The summed E-state index contributed by atoms with van der Waals surface area (Å²) >= 11 is 1.58. The molecule has 4 heterocycles. The Labute approximate surface area is 266 Å². The fourth-order valence-corrected chi connectivity index (χ4v) is 10.1. The lowest BCUT2D eigenvalue weighted by Gasteiger charge is -2.45. The van der Waals surface area contributed by atoms with Crippen LogP contribution in [0.15, 0.2) is 48.6 Å². The Balaban J connectivity index is 1.59. The second-order valence-corrected chi connectivity index (χ2v) is 16.3. The molecule has 1 aromatic rings. The molecule has 4 aliphatic heterocycles. The van der Waals surface area contributed by atoms with E-state index >= 15 is 0 Å². The number of benzene rings is 1. The molecule has 2 saturated heterocycles. The van der Waals surface area contributed by atoms with Crippen LogP contribution in [0.1, 0.15) is 61.8 Å². The average molecular weight is 624 g/mol. The first kappa shape index (κ1) is 32.6. The molecule has 8 nitrogen and oxygen atoms in total. The van der Waals surface area contributed by atoms with Crippen LogP contribution in [0.25, 0.3) is 0 Å². The summed E-state index contributed by atoms with van der Waals surface area (Å²) < 4.78 is 4.68. The predicted molar refractivity (Wildman–Crippen MR) is 176 cm³/mol. The third kappa shape index (κ3) is 5.48. The molecule has 1 aromatic carbocycles. The molecule has 0 radical (unpaired) electrons. The molecule has 3 amide bonds. The van der Waals surface area contributed by atoms with Gasteiger partial charge in [-0.05, 0) is 62.8 Å². The summed E-state index contributed by atoms with van der Waals surface area (Å²) in [5, 5.41) is 10.3. The van der Waals surface area contributed by atoms with Gasteiger partial charge in [0.1, 0.15) is 11.8 Å². The molecule has 0 bridgehead atoms. The first-order chi connectivity index (χ1) is 20.7. The Morgan fingerprint density at radius 2 is 1.68 bits per heavy atom. The van der Waals surface area contributed by atoms with Gasteiger partial charge in [0.05, 0.1) is 35.8 Å². The van der Waals surface area contributed by atoms with Crippen molar-refractivity contribution in [2.24, 2.45) is 23.2 Å². The van der Waals surface area contributed by atoms with Crippen LogP contribution in [-0.4, -0.2) is 86.6 Å². The molecule has 240 valence electrons. The number of carbonyl (C=O) groups is 3. The zero-order valence-corrected chi connectivity index (χ0v) is 28.3. The van der Waals surface area contributed by atoms with Gasteiger partial charge in [-0.1, -0.05) is 58.9 Å². The molecule has 44 heavy (non-hydrogen) atoms. The van der Waals surface area contributed by atoms with Gasteiger partial charge < -0.3 is 24.5 Å². The van der Waals surface area contributed by atoms with Crippen molar-refractivity contribution < 1.29 is 24.2 Å². The van der Waals surface area contributed by atoms with Gasteiger partial charge in [-0.25, -0.2) is 0 Å². The fraction of sp³-hybridized carbons (Fsp3) is 0.629. The molecular formula is C35H49N3O5S. The molecule has 1 N–H and O–H groups in total. The number of fused-ring (bicyclic) bond motifs is 2. The Kier molecular flexibility index (Phi) is 8.79. The van der Waals surface area contributed by atoms with Crippen molar-refractivity contribution in [2.45, 2.75) is 89.4 Å². The molecule has 2 fully saturated rings. The summed E-state index contributed by atoms with van der Waals surface area (Å²) in [5.41, 5.74) is 0.248. The van der Waals surface area contributed by atoms with Crippen molar-refractivity contribution in [1.82, 2.24) is 9.80 Å². The smallest absolute Gasteiger partial charge is 0.247 e. The molecule has 0 aliphatic carbocycles. The molecule has 1 spiro atoms. The molecule has 0 saturated carbocycles. The lowest BCUT2D eigenvalue weighted by Crippen LogP contribution is -2.61. The van der Waals surface area contributed by atoms with E-state index in [-0.39, 0.29) is 40.9 Å². The van der Waals surface area contributed by atoms with Gasteiger partial charge in [-0.3, -0.25) is 14.4 Å². The van der Waals surface area contributed by atoms with E-state index < -0.39 is 34.2 Å². The third-order valence-corrected chi connectivity index (χ3v) is 11.3. The van der Waals surface area contributed by atoms with Crippen molar-refractivity contribution in [3.8, 4) is 5.75 Å². The first-order valence-electron chi connectivity index (χ1n) is 16.0. The highest BCUT2D eigenvalue weighted by atomic mass is 32.2. The maximum absolute atomic E-state index is 14.9. The van der Waals surface area contributed by atoms with Gasteiger partial charge in [-0.2, -0.15) is 0 Å². The van der Waals surface area contributed by atoms with Gasteiger partial charge in [0.15, 0.2) is 0 Å². The Hall–Kier alpha value is -2.78. The van der Waals surface area contributed by atoms with Crippen LogP contribution in [0, 0.1) is 23.2 Å². The Bertz CT molecular complexity index is 1330. The minimum Gasteiger partial charge on any atom is -0.494 e. The fourth-order valence-electron chi connectivity index (χ4n) is 8.11. The number of aliphatic hydroxyl groups excluding tert-OH is 1. The van der Waals surface area contributed by atoms with Crippen molar-refractivity contribution in [2.75, 3.05) is 31.2 Å². The van der Waals surface area contributed by atoms with Crippen LogP contribution < -0.4 is 9.64 Å². The number of carbonyl (C=O) groups excluding carboxylic acids is 3. The summed E-state index contributed by atoms with van der Waals surface area (Å²) in [7, 11) is 0. The van der Waals surface area contributed by atoms with Crippen LogP contribution in [0.2, 0.25) is 0 Å². The normalized spacial score (nSPS) is 29.5. The van der Waals surface area contributed by atoms with Gasteiger partial charge in [-0.15, -0.1) is 11.8 Å². The number of nitrogens with zero attached hydrogens (tertiary/aromatic N) is 3. The number of ether oxygens (including phenoxy) is 1. The van der Waals surface area contributed by atoms with E-state index in [0.717, 1.165) is 17.9 Å². The summed E-state index contributed by atoms with van der Waals surface area (Å²) in [6.07, 6.45) is 8.93. The zero-order chi connectivity index (χ0) is 32.2. The summed E-state index contributed by atoms with van der Waals surface area (Å²) in [6.45, 7) is 17.7. The number of hydrogen-bond donors (Lipinski definition) is 1. The minimum absolute atomic E-state index is 0.0202. The number of rotatable bonds is 8. The van der Waals surface area contributed by atoms with Crippen molar-refractivity contribution in [1.29, 1.82) is 0 Å². The largest absolute Gasteiger partial charge is 0.494 e. The van der Waals surface area contributed by atoms with Crippen LogP contribution in [0.5, 0.6) is 5.75 Å². The van der Waals surface area contributed by atoms with Gasteiger partial charge in [0.25, 0.3) is 0 Å². The zero-order valence-electron chi connectivity index (χ0n) is 27.4. The van der Waals surface area contributed by atoms with Crippen LogP contribution in [-0.2, 0) is 14.4 Å². The molecule has 5 rings (SSSR count). The number of amides is 3. The second kappa shape index (κ2) is 11.9. The number of thioether (sulfide) groups is 1. The standard InChI is InChI=1S/C35H49N3O5S/c1-9-43-24-15-13-23(14-16-24)36-18-10-12-26-27(30(36)40)28-31(41)38(25(20-39)22(2)3)29-32(42)37(19-11-17-35(28,29)44-26)34(7,8)21-33(4,5)6/h10-17,22,25-29,39H,9,18-21H2,1-8H3/t25-,26-,27+,28-,29?,35-/m0/s1. The summed E-state index contributed by atoms with van der Waals surface area (Å²) in [6, 6.07) is 6.11. The van der Waals surface area contributed by atoms with E-state index in [1.54, 1.807) is 21.6 Å². The SMILES string of the molecule is CCOc1ccc(N2CC=C[C@@H]3S[C@]45C=CCN(C(C)(C)CC(C)(C)C)C(=O)C4N([C@@H](CO)C(C)C)C(=O)[C@@H]5[C@@H]3C2=O)cc1. The van der Waals surface area contributed by atoms with E-state index in [1.165, 1.54) is 0 Å². The Morgan fingerprint density at radius 1 is 1.00 bits per heavy atom. The highest BCUT2D eigenvalue weighted by Crippen LogP contribution is 2.62. The molecule has 0 aromatic heterocycles. The van der Waals surface area contributed by atoms with E-state index in [4.69, 9.17) is 4.74 Å². The molecular weight excluding hydrogens is 574 g/mol. The number of aliphatic hydroxyl groups is 1. The molecule has 4 aliphatic rings. The number of likely N-dealkylation sites (tertiary alicyclic amines) is 1. The van der Waals surface area contributed by atoms with E-state index in [1.807, 2.05) is 62.1 Å². The summed E-state index contributed by atoms with van der Waals surface area (Å²) in [5.74, 6) is -1.18.